The molecule has 33 heavy (non-hydrogen) atoms. The summed E-state index contributed by atoms with van der Waals surface area (Å²) in [6.07, 6.45) is 1.12. The van der Waals surface area contributed by atoms with Gasteiger partial charge >= 0.3 is 12.6 Å². The number of aromatic nitrogens is 3. The standard InChI is InChI=1S/C18H24F3N7O4S/c1-5-28-17(24-25-18(28)31-4)23-22-12-9-13(30-3)15-11(7-6-8-27(15)2)14(12)26-33(29,10-19)32-16(20)21/h9,16H,5-8,10H2,1-4H3. The molecule has 1 aromatic carbocycles. The van der Waals surface area contributed by atoms with E-state index in [0.717, 1.165) is 0 Å². The van der Waals surface area contributed by atoms with Crippen molar-refractivity contribution in [1.82, 2.24) is 14.8 Å². The van der Waals surface area contributed by atoms with Gasteiger partial charge in [-0.05, 0) is 19.8 Å². The minimum Gasteiger partial charge on any atom is -0.494 e. The minimum atomic E-state index is -4.37. The van der Waals surface area contributed by atoms with Gasteiger partial charge in [-0.2, -0.15) is 13.1 Å². The molecule has 11 nitrogen and oxygen atoms in total. The molecule has 15 heteroatoms. The van der Waals surface area contributed by atoms with E-state index in [1.54, 1.807) is 0 Å². The second kappa shape index (κ2) is 10.3. The number of benzene rings is 1. The van der Waals surface area contributed by atoms with Crippen LogP contribution in [0.1, 0.15) is 18.9 Å². The fourth-order valence-electron chi connectivity index (χ4n) is 3.48. The molecule has 2 heterocycles. The van der Waals surface area contributed by atoms with E-state index in [-0.39, 0.29) is 23.3 Å². The molecule has 1 aromatic heterocycles. The van der Waals surface area contributed by atoms with Crippen LogP contribution in [0.3, 0.4) is 0 Å². The van der Waals surface area contributed by atoms with Crippen molar-refractivity contribution in [1.29, 1.82) is 0 Å². The van der Waals surface area contributed by atoms with Crippen molar-refractivity contribution in [3.63, 3.8) is 0 Å². The van der Waals surface area contributed by atoms with Crippen LogP contribution >= 0.6 is 0 Å². The number of fused-ring (bicyclic) bond motifs is 1. The molecule has 1 aliphatic heterocycles. The second-order valence-electron chi connectivity index (χ2n) is 6.87. The molecule has 0 amide bonds. The van der Waals surface area contributed by atoms with Crippen LogP contribution in [0.5, 0.6) is 11.8 Å². The van der Waals surface area contributed by atoms with E-state index in [1.807, 2.05) is 18.9 Å². The highest BCUT2D eigenvalue weighted by atomic mass is 32.2. The SMILES string of the molecule is CCn1c(N=Nc2cc(OC)c3c(c2N=S(=O)(CF)OC(F)F)CCCN3C)nnc1OC. The first-order valence-corrected chi connectivity index (χ1v) is 11.5. The number of halogens is 3. The molecule has 0 saturated carbocycles. The summed E-state index contributed by atoms with van der Waals surface area (Å²) in [5.41, 5.74) is 1.06. The Morgan fingerprint density at radius 2 is 2.00 bits per heavy atom. The van der Waals surface area contributed by atoms with Gasteiger partial charge in [-0.1, -0.05) is 5.10 Å². The van der Waals surface area contributed by atoms with Crippen LogP contribution in [0.4, 0.5) is 36.2 Å². The Morgan fingerprint density at radius 3 is 2.61 bits per heavy atom. The van der Waals surface area contributed by atoms with Crippen LogP contribution in [-0.2, 0) is 27.2 Å². The Balaban J connectivity index is 2.25. The number of rotatable bonds is 9. The van der Waals surface area contributed by atoms with Crippen molar-refractivity contribution >= 4 is 33.0 Å². The van der Waals surface area contributed by atoms with Crippen molar-refractivity contribution in [2.45, 2.75) is 32.9 Å². The molecular formula is C18H24F3N7O4S. The molecule has 3 rings (SSSR count). The number of methoxy groups -OCH3 is 2. The van der Waals surface area contributed by atoms with Gasteiger partial charge in [0.15, 0.2) is 6.01 Å². The van der Waals surface area contributed by atoms with Gasteiger partial charge in [0.2, 0.25) is 10.0 Å². The molecule has 0 spiro atoms. The molecular weight excluding hydrogens is 467 g/mol. The van der Waals surface area contributed by atoms with Gasteiger partial charge in [0.25, 0.3) is 5.95 Å². The lowest BCUT2D eigenvalue weighted by Gasteiger charge is -2.30. The van der Waals surface area contributed by atoms with Crippen LogP contribution in [0.15, 0.2) is 20.7 Å². The third-order valence-electron chi connectivity index (χ3n) is 4.87. The molecule has 0 radical (unpaired) electrons. The van der Waals surface area contributed by atoms with Crippen molar-refractivity contribution in [2.24, 2.45) is 14.6 Å². The van der Waals surface area contributed by atoms with Crippen LogP contribution in [0.2, 0.25) is 0 Å². The Morgan fingerprint density at radius 1 is 1.24 bits per heavy atom. The fraction of sp³-hybridized carbons (Fsp3) is 0.556. The molecule has 1 unspecified atom stereocenters. The quantitative estimate of drug-likeness (QED) is 0.480. The Bertz CT molecular complexity index is 1150. The lowest BCUT2D eigenvalue weighted by Crippen LogP contribution is -2.25. The largest absolute Gasteiger partial charge is 0.494 e. The summed E-state index contributed by atoms with van der Waals surface area (Å²) in [7, 11) is 0.319. The molecule has 0 aliphatic carbocycles. The van der Waals surface area contributed by atoms with E-state index in [1.165, 1.54) is 24.9 Å². The van der Waals surface area contributed by atoms with Gasteiger partial charge in [-0.25, -0.2) is 12.8 Å². The maximum atomic E-state index is 13.5. The van der Waals surface area contributed by atoms with Gasteiger partial charge < -0.3 is 14.4 Å². The number of hydrogen-bond acceptors (Lipinski definition) is 10. The number of alkyl halides is 3. The lowest BCUT2D eigenvalue weighted by atomic mass is 9.98. The molecule has 0 bridgehead atoms. The first kappa shape index (κ1) is 24.7. The Hall–Kier alpha value is -2.94. The van der Waals surface area contributed by atoms with E-state index in [2.05, 4.69) is 29.0 Å². The molecule has 2 aromatic rings. The number of nitrogens with zero attached hydrogens (tertiary/aromatic N) is 7. The summed E-state index contributed by atoms with van der Waals surface area (Å²) in [5.74, 6) is 0.514. The normalized spacial score (nSPS) is 15.6. The van der Waals surface area contributed by atoms with Crippen molar-refractivity contribution in [2.75, 3.05) is 38.7 Å². The third-order valence-corrected chi connectivity index (χ3v) is 6.05. The smallest absolute Gasteiger partial charge is 0.357 e. The highest BCUT2D eigenvalue weighted by Gasteiger charge is 2.27. The zero-order valence-corrected chi connectivity index (χ0v) is 19.3. The minimum absolute atomic E-state index is 0.0181. The molecule has 1 atom stereocenters. The summed E-state index contributed by atoms with van der Waals surface area (Å²) in [5, 5.41) is 15.9. The van der Waals surface area contributed by atoms with Gasteiger partial charge in [0, 0.05) is 31.8 Å². The number of anilines is 1. The summed E-state index contributed by atoms with van der Waals surface area (Å²) in [4.78, 5) is 1.88. The van der Waals surface area contributed by atoms with E-state index < -0.39 is 22.6 Å². The number of hydrogen-bond donors (Lipinski definition) is 0. The van der Waals surface area contributed by atoms with E-state index in [9.17, 15) is 17.4 Å². The van der Waals surface area contributed by atoms with Crippen LogP contribution in [-0.4, -0.2) is 59.4 Å². The van der Waals surface area contributed by atoms with Crippen LogP contribution in [0.25, 0.3) is 0 Å². The predicted molar refractivity (Wildman–Crippen MR) is 114 cm³/mol. The lowest BCUT2D eigenvalue weighted by molar-refractivity contribution is -0.0421. The van der Waals surface area contributed by atoms with Crippen molar-refractivity contribution < 1.29 is 31.0 Å². The molecule has 1 aliphatic rings. The molecule has 0 saturated heterocycles. The Labute approximate surface area is 188 Å². The van der Waals surface area contributed by atoms with E-state index in [0.29, 0.717) is 42.9 Å². The van der Waals surface area contributed by atoms with Gasteiger partial charge in [0.05, 0.1) is 19.9 Å². The fourth-order valence-corrected chi connectivity index (χ4v) is 4.33. The second-order valence-corrected chi connectivity index (χ2v) is 8.63. The Kier molecular flexibility index (Phi) is 7.73. The first-order valence-electron chi connectivity index (χ1n) is 9.88. The van der Waals surface area contributed by atoms with Crippen molar-refractivity contribution in [3.05, 3.63) is 11.6 Å². The van der Waals surface area contributed by atoms with Crippen LogP contribution in [0, 0.1) is 0 Å². The summed E-state index contributed by atoms with van der Waals surface area (Å²) in [6.45, 7) is -0.538. The average Bonchev–Trinajstić information content (AvgIpc) is 3.20. The van der Waals surface area contributed by atoms with Crippen molar-refractivity contribution in [3.8, 4) is 11.8 Å². The van der Waals surface area contributed by atoms with Crippen LogP contribution < -0.4 is 14.4 Å². The zero-order chi connectivity index (χ0) is 24.2. The van der Waals surface area contributed by atoms with Gasteiger partial charge in [-0.3, -0.25) is 4.57 Å². The first-order chi connectivity index (χ1) is 15.8. The van der Waals surface area contributed by atoms with E-state index >= 15 is 0 Å². The maximum Gasteiger partial charge on any atom is 0.357 e. The predicted octanol–water partition coefficient (Wildman–Crippen LogP) is 4.29. The summed E-state index contributed by atoms with van der Waals surface area (Å²) >= 11 is 0. The third kappa shape index (κ3) is 5.19. The van der Waals surface area contributed by atoms with Gasteiger partial charge in [0.1, 0.15) is 17.1 Å². The summed E-state index contributed by atoms with van der Waals surface area (Å²) in [6, 6.07) is -0.0639. The average molecular weight is 491 g/mol. The molecule has 182 valence electrons. The van der Waals surface area contributed by atoms with E-state index in [4.69, 9.17) is 9.47 Å². The zero-order valence-electron chi connectivity index (χ0n) is 18.5. The maximum absolute atomic E-state index is 13.5. The van der Waals surface area contributed by atoms with Gasteiger partial charge in [-0.15, -0.1) is 15.3 Å². The highest BCUT2D eigenvalue weighted by Crippen LogP contribution is 2.48. The monoisotopic (exact) mass is 491 g/mol. The highest BCUT2D eigenvalue weighted by molar-refractivity contribution is 7.89. The number of ether oxygens (including phenoxy) is 2. The summed E-state index contributed by atoms with van der Waals surface area (Å²) < 4.78 is 71.7. The topological polar surface area (TPSA) is 116 Å². The number of azo groups is 1. The molecule has 0 N–H and O–H groups in total. The molecule has 0 fully saturated rings.